The Labute approximate surface area is 87.1 Å². The Balaban J connectivity index is 2.06. The van der Waals surface area contributed by atoms with Crippen molar-refractivity contribution < 1.29 is 0 Å². The normalized spacial score (nSPS) is 11.1. The Kier molecular flexibility index (Phi) is 5.35. The number of aromatic nitrogens is 2. The maximum Gasteiger partial charge on any atom is 0.0923 e. The fourth-order valence-electron chi connectivity index (χ4n) is 1.57. The Morgan fingerprint density at radius 1 is 1.36 bits per heavy atom. The summed E-state index contributed by atoms with van der Waals surface area (Å²) in [4.78, 5) is 7.20. The second kappa shape index (κ2) is 6.63. The van der Waals surface area contributed by atoms with E-state index in [4.69, 9.17) is 0 Å². The van der Waals surface area contributed by atoms with E-state index in [1.54, 1.807) is 12.2 Å². The number of imidazole rings is 1. The summed E-state index contributed by atoms with van der Waals surface area (Å²) in [6.45, 7) is 4.52. The second-order valence-electron chi connectivity index (χ2n) is 3.97. The van der Waals surface area contributed by atoms with Crippen LogP contribution in [-0.2, 0) is 6.42 Å². The third-order valence-electron chi connectivity index (χ3n) is 2.57. The summed E-state index contributed by atoms with van der Waals surface area (Å²) in [6.07, 6.45) is 11.3. The van der Waals surface area contributed by atoms with Gasteiger partial charge in [0.15, 0.2) is 0 Å². The van der Waals surface area contributed by atoms with Crippen molar-refractivity contribution in [2.75, 3.05) is 0 Å². The van der Waals surface area contributed by atoms with Gasteiger partial charge in [-0.3, -0.25) is 0 Å². The molecule has 1 aromatic heterocycles. The molecule has 1 rings (SSSR count). The van der Waals surface area contributed by atoms with E-state index < -0.39 is 0 Å². The lowest BCUT2D eigenvalue weighted by Crippen LogP contribution is -1.95. The summed E-state index contributed by atoms with van der Waals surface area (Å²) >= 11 is 0. The van der Waals surface area contributed by atoms with Gasteiger partial charge in [0.2, 0.25) is 0 Å². The average Bonchev–Trinajstić information content (AvgIpc) is 2.68. The van der Waals surface area contributed by atoms with Crippen molar-refractivity contribution in [2.24, 2.45) is 0 Å². The zero-order chi connectivity index (χ0) is 10.2. The number of aromatic amines is 1. The summed E-state index contributed by atoms with van der Waals surface area (Å²) < 4.78 is 0. The van der Waals surface area contributed by atoms with Crippen molar-refractivity contribution in [2.45, 2.75) is 52.4 Å². The smallest absolute Gasteiger partial charge is 0.0923 e. The van der Waals surface area contributed by atoms with Crippen LogP contribution in [0.5, 0.6) is 0 Å². The van der Waals surface area contributed by atoms with E-state index in [2.05, 4.69) is 23.8 Å². The minimum absolute atomic E-state index is 1.08. The van der Waals surface area contributed by atoms with Crippen LogP contribution in [0.3, 0.4) is 0 Å². The van der Waals surface area contributed by atoms with Crippen molar-refractivity contribution in [1.29, 1.82) is 0 Å². The van der Waals surface area contributed by atoms with Crippen molar-refractivity contribution in [3.8, 4) is 0 Å². The van der Waals surface area contributed by atoms with E-state index in [1.165, 1.54) is 37.8 Å². The zero-order valence-electron chi connectivity index (χ0n) is 9.34. The third-order valence-corrected chi connectivity index (χ3v) is 2.57. The monoisotopic (exact) mass is 193 g/mol. The van der Waals surface area contributed by atoms with Crippen LogP contribution in [-0.4, -0.2) is 9.97 Å². The van der Waals surface area contributed by atoms with Gasteiger partial charge in [-0.15, -0.1) is 0 Å². The van der Waals surface area contributed by atoms with Gasteiger partial charge in [-0.05, 0) is 25.2 Å². The van der Waals surface area contributed by atoms with Crippen LogP contribution in [0.15, 0.2) is 12.5 Å². The van der Waals surface area contributed by atoms with E-state index in [0.717, 1.165) is 6.42 Å². The van der Waals surface area contributed by atoms with Gasteiger partial charge in [-0.1, -0.05) is 33.1 Å². The van der Waals surface area contributed by atoms with Crippen LogP contribution in [0.25, 0.3) is 0 Å². The second-order valence-corrected chi connectivity index (χ2v) is 3.97. The van der Waals surface area contributed by atoms with Crippen LogP contribution in [0, 0.1) is 5.92 Å². The van der Waals surface area contributed by atoms with Crippen LogP contribution in [0.1, 0.15) is 51.6 Å². The summed E-state index contributed by atoms with van der Waals surface area (Å²) in [7, 11) is 0. The maximum atomic E-state index is 4.22. The van der Waals surface area contributed by atoms with Crippen LogP contribution in [0.4, 0.5) is 0 Å². The number of rotatable bonds is 7. The Morgan fingerprint density at radius 3 is 2.86 bits per heavy atom. The molecule has 0 amide bonds. The Morgan fingerprint density at radius 2 is 2.21 bits per heavy atom. The first-order chi connectivity index (χ1) is 6.83. The molecule has 1 N–H and O–H groups in total. The standard InChI is InChI=1S/C12H21N2/c1-3-4-5-6-11(2)7-8-12-9-13-10-14-12/h9-10H,3-8H2,1-2H3,(H,13,14). The van der Waals surface area contributed by atoms with Gasteiger partial charge < -0.3 is 4.98 Å². The highest BCUT2D eigenvalue weighted by atomic mass is 14.9. The maximum absolute atomic E-state index is 4.22. The number of nitrogens with one attached hydrogen (secondary N) is 1. The Bertz CT molecular complexity index is 216. The predicted octanol–water partition coefficient (Wildman–Crippen LogP) is 3.52. The van der Waals surface area contributed by atoms with E-state index in [0.29, 0.717) is 0 Å². The van der Waals surface area contributed by atoms with Crippen LogP contribution >= 0.6 is 0 Å². The topological polar surface area (TPSA) is 28.7 Å². The molecule has 1 heterocycles. The fourth-order valence-corrected chi connectivity index (χ4v) is 1.57. The van der Waals surface area contributed by atoms with Gasteiger partial charge in [0, 0.05) is 6.20 Å². The number of hydrogen-bond acceptors (Lipinski definition) is 1. The van der Waals surface area contributed by atoms with E-state index in [-0.39, 0.29) is 0 Å². The lowest BCUT2D eigenvalue weighted by molar-refractivity contribution is 0.637. The fraction of sp³-hybridized carbons (Fsp3) is 0.667. The summed E-state index contributed by atoms with van der Waals surface area (Å²) in [5, 5.41) is 0. The number of unbranched alkanes of at least 4 members (excludes halogenated alkanes) is 2. The molecule has 79 valence electrons. The highest BCUT2D eigenvalue weighted by Crippen LogP contribution is 2.16. The van der Waals surface area contributed by atoms with Gasteiger partial charge in [0.25, 0.3) is 0 Å². The average molecular weight is 193 g/mol. The van der Waals surface area contributed by atoms with Gasteiger partial charge in [-0.25, -0.2) is 4.98 Å². The lowest BCUT2D eigenvalue weighted by atomic mass is 9.98. The van der Waals surface area contributed by atoms with Crippen LogP contribution in [0.2, 0.25) is 0 Å². The molecule has 0 aliphatic rings. The molecule has 2 heteroatoms. The number of aryl methyl sites for hydroxylation is 1. The molecule has 14 heavy (non-hydrogen) atoms. The number of nitrogens with zero attached hydrogens (tertiary/aromatic N) is 1. The van der Waals surface area contributed by atoms with Gasteiger partial charge in [0.05, 0.1) is 12.0 Å². The molecule has 0 aliphatic carbocycles. The SMILES string of the molecule is CCCCC[C](C)CCc1c[nH]cn1. The summed E-state index contributed by atoms with van der Waals surface area (Å²) in [6, 6.07) is 0. The highest BCUT2D eigenvalue weighted by Gasteiger charge is 2.03. The van der Waals surface area contributed by atoms with Crippen molar-refractivity contribution in [3.05, 3.63) is 24.1 Å². The Hall–Kier alpha value is -0.790. The van der Waals surface area contributed by atoms with Crippen LogP contribution < -0.4 is 0 Å². The molecule has 0 aromatic carbocycles. The summed E-state index contributed by atoms with van der Waals surface area (Å²) in [5.41, 5.74) is 1.18. The highest BCUT2D eigenvalue weighted by molar-refractivity contribution is 4.97. The molecular formula is C12H21N2. The van der Waals surface area contributed by atoms with Gasteiger partial charge in [-0.2, -0.15) is 0 Å². The molecule has 0 unspecified atom stereocenters. The molecule has 0 saturated heterocycles. The lowest BCUT2D eigenvalue weighted by Gasteiger charge is -2.08. The first-order valence-electron chi connectivity index (χ1n) is 5.62. The van der Waals surface area contributed by atoms with E-state index in [9.17, 15) is 0 Å². The summed E-state index contributed by atoms with van der Waals surface area (Å²) in [5.74, 6) is 1.61. The number of hydrogen-bond donors (Lipinski definition) is 1. The molecule has 0 aliphatic heterocycles. The van der Waals surface area contributed by atoms with E-state index in [1.807, 2.05) is 6.20 Å². The minimum atomic E-state index is 1.08. The first-order valence-corrected chi connectivity index (χ1v) is 5.62. The molecule has 0 fully saturated rings. The molecule has 0 spiro atoms. The third kappa shape index (κ3) is 4.45. The molecule has 0 atom stereocenters. The number of H-pyrrole nitrogens is 1. The van der Waals surface area contributed by atoms with Crippen molar-refractivity contribution >= 4 is 0 Å². The molecule has 1 aromatic rings. The van der Waals surface area contributed by atoms with Gasteiger partial charge >= 0.3 is 0 Å². The molecule has 1 radical (unpaired) electrons. The first kappa shape index (κ1) is 11.3. The van der Waals surface area contributed by atoms with Crippen molar-refractivity contribution in [3.63, 3.8) is 0 Å². The van der Waals surface area contributed by atoms with Gasteiger partial charge in [0.1, 0.15) is 0 Å². The molecule has 0 saturated carbocycles. The quantitative estimate of drug-likeness (QED) is 0.659. The molecule has 0 bridgehead atoms. The van der Waals surface area contributed by atoms with E-state index >= 15 is 0 Å². The minimum Gasteiger partial charge on any atom is -0.351 e. The predicted molar refractivity (Wildman–Crippen MR) is 60.0 cm³/mol. The zero-order valence-corrected chi connectivity index (χ0v) is 9.34. The largest absolute Gasteiger partial charge is 0.351 e. The van der Waals surface area contributed by atoms with Crippen molar-refractivity contribution in [1.82, 2.24) is 9.97 Å². The molecule has 2 nitrogen and oxygen atoms in total. The molecular weight excluding hydrogens is 172 g/mol.